The van der Waals surface area contributed by atoms with Crippen LogP contribution in [0.4, 0.5) is 10.5 Å². The molecule has 9 heteroatoms. The van der Waals surface area contributed by atoms with Crippen LogP contribution < -0.4 is 24.8 Å². The maximum Gasteiger partial charge on any atom is 0.325 e. The minimum atomic E-state index is -1.28. The Morgan fingerprint density at radius 2 is 1.69 bits per heavy atom. The highest BCUT2D eigenvalue weighted by Crippen LogP contribution is 2.31. The zero-order valence-electron chi connectivity index (χ0n) is 18.6. The molecule has 2 aromatic rings. The highest BCUT2D eigenvalue weighted by molar-refractivity contribution is 6.10. The van der Waals surface area contributed by atoms with Gasteiger partial charge in [-0.2, -0.15) is 0 Å². The average molecular weight is 441 g/mol. The fraction of sp³-hybridized carbons (Fsp3) is 0.348. The molecule has 0 unspecified atom stereocenters. The Morgan fingerprint density at radius 1 is 1.03 bits per heavy atom. The molecule has 0 spiro atoms. The molecule has 4 amide bonds. The Bertz CT molecular complexity index is 1010. The molecule has 1 fully saturated rings. The summed E-state index contributed by atoms with van der Waals surface area (Å²) in [6, 6.07) is 11.2. The predicted molar refractivity (Wildman–Crippen MR) is 118 cm³/mol. The zero-order valence-corrected chi connectivity index (χ0v) is 18.6. The van der Waals surface area contributed by atoms with Crippen molar-refractivity contribution in [3.05, 3.63) is 48.0 Å². The number of ether oxygens (including phenoxy) is 3. The van der Waals surface area contributed by atoms with E-state index in [1.807, 2.05) is 13.8 Å². The van der Waals surface area contributed by atoms with Gasteiger partial charge in [-0.3, -0.25) is 14.5 Å². The fourth-order valence-electron chi connectivity index (χ4n) is 3.44. The molecule has 0 radical (unpaired) electrons. The number of hydrogen-bond acceptors (Lipinski definition) is 6. The Balaban J connectivity index is 1.76. The average Bonchev–Trinajstić information content (AvgIpc) is 2.99. The summed E-state index contributed by atoms with van der Waals surface area (Å²) in [5.74, 6) is 0.598. The van der Waals surface area contributed by atoms with Crippen molar-refractivity contribution >= 4 is 23.5 Å². The van der Waals surface area contributed by atoms with Crippen molar-refractivity contribution in [3.63, 3.8) is 0 Å². The monoisotopic (exact) mass is 441 g/mol. The summed E-state index contributed by atoms with van der Waals surface area (Å²) < 4.78 is 16.2. The van der Waals surface area contributed by atoms with Gasteiger partial charge in [0.25, 0.3) is 5.91 Å². The van der Waals surface area contributed by atoms with Gasteiger partial charge in [0.2, 0.25) is 5.91 Å². The highest BCUT2D eigenvalue weighted by atomic mass is 16.5. The molecular formula is C23H27N3O6. The van der Waals surface area contributed by atoms with E-state index >= 15 is 0 Å². The van der Waals surface area contributed by atoms with E-state index in [0.29, 0.717) is 41.7 Å². The van der Waals surface area contributed by atoms with Crippen LogP contribution >= 0.6 is 0 Å². The molecule has 0 aliphatic carbocycles. The quantitative estimate of drug-likeness (QED) is 0.580. The maximum absolute atomic E-state index is 13.1. The molecule has 2 aromatic carbocycles. The Morgan fingerprint density at radius 3 is 2.31 bits per heavy atom. The molecule has 1 atom stereocenters. The van der Waals surface area contributed by atoms with Gasteiger partial charge in [-0.15, -0.1) is 0 Å². The summed E-state index contributed by atoms with van der Waals surface area (Å²) in [6.07, 6.45) is 0. The topological polar surface area (TPSA) is 106 Å². The van der Waals surface area contributed by atoms with Gasteiger partial charge in [0.1, 0.15) is 29.3 Å². The molecule has 2 N–H and O–H groups in total. The largest absolute Gasteiger partial charge is 0.497 e. The molecule has 3 rings (SSSR count). The second-order valence-electron chi connectivity index (χ2n) is 7.25. The van der Waals surface area contributed by atoms with Gasteiger partial charge < -0.3 is 24.8 Å². The van der Waals surface area contributed by atoms with E-state index < -0.39 is 29.9 Å². The molecule has 1 aliphatic rings. The number of anilines is 1. The normalized spacial score (nSPS) is 17.7. The van der Waals surface area contributed by atoms with Crippen LogP contribution in [0, 0.1) is 0 Å². The number of rotatable bonds is 9. The third-order valence-corrected chi connectivity index (χ3v) is 5.08. The number of urea groups is 1. The molecule has 1 heterocycles. The molecule has 1 aliphatic heterocycles. The van der Waals surface area contributed by atoms with E-state index in [1.54, 1.807) is 56.5 Å². The number of nitrogens with one attached hydrogen (secondary N) is 2. The Labute approximate surface area is 186 Å². The van der Waals surface area contributed by atoms with E-state index in [2.05, 4.69) is 10.6 Å². The highest BCUT2D eigenvalue weighted by Gasteiger charge is 2.49. The molecular weight excluding hydrogens is 414 g/mol. The molecule has 32 heavy (non-hydrogen) atoms. The van der Waals surface area contributed by atoms with Crippen LogP contribution in [-0.4, -0.2) is 49.6 Å². The predicted octanol–water partition coefficient (Wildman–Crippen LogP) is 2.90. The van der Waals surface area contributed by atoms with Gasteiger partial charge in [-0.1, -0.05) is 12.1 Å². The zero-order chi connectivity index (χ0) is 23.3. The minimum Gasteiger partial charge on any atom is -0.497 e. The van der Waals surface area contributed by atoms with E-state index in [9.17, 15) is 14.4 Å². The van der Waals surface area contributed by atoms with Gasteiger partial charge in [0.15, 0.2) is 0 Å². The third kappa shape index (κ3) is 4.61. The molecule has 0 aromatic heterocycles. The van der Waals surface area contributed by atoms with Gasteiger partial charge in [-0.25, -0.2) is 4.79 Å². The summed E-state index contributed by atoms with van der Waals surface area (Å²) in [4.78, 5) is 39.2. The summed E-state index contributed by atoms with van der Waals surface area (Å²) in [6.45, 7) is 5.71. The summed E-state index contributed by atoms with van der Waals surface area (Å²) in [7, 11) is 1.54. The summed E-state index contributed by atoms with van der Waals surface area (Å²) in [5.41, 5.74) is -0.301. The van der Waals surface area contributed by atoms with Crippen LogP contribution in [0.2, 0.25) is 0 Å². The summed E-state index contributed by atoms with van der Waals surface area (Å²) in [5, 5.41) is 5.39. The first-order chi connectivity index (χ1) is 15.3. The van der Waals surface area contributed by atoms with Crippen molar-refractivity contribution < 1.29 is 28.6 Å². The number of methoxy groups -OCH3 is 1. The van der Waals surface area contributed by atoms with Crippen molar-refractivity contribution in [3.8, 4) is 17.2 Å². The smallest absolute Gasteiger partial charge is 0.325 e. The number of nitrogens with zero attached hydrogens (tertiary/aromatic N) is 1. The Hall–Kier alpha value is -3.75. The molecule has 170 valence electrons. The first-order valence-electron chi connectivity index (χ1n) is 10.3. The lowest BCUT2D eigenvalue weighted by Crippen LogP contribution is -2.42. The van der Waals surface area contributed by atoms with Crippen molar-refractivity contribution in [2.75, 3.05) is 32.2 Å². The van der Waals surface area contributed by atoms with Crippen molar-refractivity contribution in [1.29, 1.82) is 0 Å². The van der Waals surface area contributed by atoms with E-state index in [-0.39, 0.29) is 0 Å². The summed E-state index contributed by atoms with van der Waals surface area (Å²) >= 11 is 0. The third-order valence-electron chi connectivity index (χ3n) is 5.08. The van der Waals surface area contributed by atoms with E-state index in [0.717, 1.165) is 4.90 Å². The number of carbonyl (C=O) groups excluding carboxylic acids is 3. The van der Waals surface area contributed by atoms with Crippen molar-refractivity contribution in [2.45, 2.75) is 26.3 Å². The number of amides is 4. The maximum atomic E-state index is 13.1. The molecule has 0 bridgehead atoms. The second-order valence-corrected chi connectivity index (χ2v) is 7.25. The number of carbonyl (C=O) groups is 3. The van der Waals surface area contributed by atoms with Gasteiger partial charge in [-0.05, 0) is 50.6 Å². The number of benzene rings is 2. The lowest BCUT2D eigenvalue weighted by Gasteiger charge is -2.22. The van der Waals surface area contributed by atoms with Crippen LogP contribution in [0.15, 0.2) is 42.5 Å². The first-order valence-corrected chi connectivity index (χ1v) is 10.3. The van der Waals surface area contributed by atoms with Crippen LogP contribution in [-0.2, 0) is 15.1 Å². The van der Waals surface area contributed by atoms with Crippen molar-refractivity contribution in [1.82, 2.24) is 10.2 Å². The first kappa shape index (κ1) is 22.9. The van der Waals surface area contributed by atoms with E-state index in [4.69, 9.17) is 14.2 Å². The van der Waals surface area contributed by atoms with Crippen molar-refractivity contribution in [2.24, 2.45) is 0 Å². The molecule has 9 nitrogen and oxygen atoms in total. The lowest BCUT2D eigenvalue weighted by molar-refractivity contribution is -0.133. The van der Waals surface area contributed by atoms with Gasteiger partial charge in [0.05, 0.1) is 26.0 Å². The molecule has 1 saturated heterocycles. The lowest BCUT2D eigenvalue weighted by atomic mass is 9.92. The van der Waals surface area contributed by atoms with Crippen LogP contribution in [0.5, 0.6) is 17.2 Å². The van der Waals surface area contributed by atoms with Crippen LogP contribution in [0.1, 0.15) is 26.3 Å². The van der Waals surface area contributed by atoms with Gasteiger partial charge in [0, 0.05) is 6.07 Å². The number of imide groups is 1. The molecule has 0 saturated carbocycles. The fourth-order valence-corrected chi connectivity index (χ4v) is 3.44. The second kappa shape index (κ2) is 9.59. The van der Waals surface area contributed by atoms with Crippen LogP contribution in [0.25, 0.3) is 0 Å². The van der Waals surface area contributed by atoms with Gasteiger partial charge >= 0.3 is 6.03 Å². The minimum absolute atomic E-state index is 0.396. The Kier molecular flexibility index (Phi) is 6.87. The number of hydrogen-bond donors (Lipinski definition) is 2. The van der Waals surface area contributed by atoms with Crippen LogP contribution in [0.3, 0.4) is 0 Å². The SMILES string of the molecule is CCOc1ccc(OCC)c(NC(=O)CN2C(=O)N[C@](C)(c3ccc(OC)cc3)C2=O)c1. The van der Waals surface area contributed by atoms with E-state index in [1.165, 1.54) is 0 Å². The standard InChI is InChI=1S/C23H27N3O6/c1-5-31-17-11-12-19(32-6-2)18(13-17)24-20(27)14-26-21(28)23(3,25-22(26)29)15-7-9-16(30-4)10-8-15/h7-13H,5-6,14H2,1-4H3,(H,24,27)(H,25,29)/t23-/m1/s1.